The van der Waals surface area contributed by atoms with Gasteiger partial charge >= 0.3 is 0 Å². The van der Waals surface area contributed by atoms with E-state index < -0.39 is 0 Å². The van der Waals surface area contributed by atoms with E-state index in [0.717, 1.165) is 10.0 Å². The lowest BCUT2D eigenvalue weighted by molar-refractivity contribution is -0.117. The molecule has 0 aliphatic rings. The minimum absolute atomic E-state index is 0.0466. The second-order valence-electron chi connectivity index (χ2n) is 4.35. The Kier molecular flexibility index (Phi) is 6.09. The van der Waals surface area contributed by atoms with E-state index in [4.69, 9.17) is 5.11 Å². The Balaban J connectivity index is 2.54. The maximum absolute atomic E-state index is 11.6. The molecule has 0 radical (unpaired) electrons. The zero-order valence-electron chi connectivity index (χ0n) is 10.6. The lowest BCUT2D eigenvalue weighted by Gasteiger charge is -2.18. The molecule has 0 fully saturated rings. The zero-order chi connectivity index (χ0) is 13.5. The van der Waals surface area contributed by atoms with E-state index in [2.05, 4.69) is 21.2 Å². The van der Waals surface area contributed by atoms with Crippen LogP contribution in [0.5, 0.6) is 0 Å². The van der Waals surface area contributed by atoms with Gasteiger partial charge in [-0.05, 0) is 36.6 Å². The average Bonchev–Trinajstić information content (AvgIpc) is 2.35. The molecule has 0 aliphatic heterocycles. The van der Waals surface area contributed by atoms with Gasteiger partial charge in [0.05, 0.1) is 0 Å². The third-order valence-electron chi connectivity index (χ3n) is 2.79. The van der Waals surface area contributed by atoms with Crippen LogP contribution in [0.2, 0.25) is 0 Å². The normalized spacial score (nSPS) is 14.4. The van der Waals surface area contributed by atoms with Gasteiger partial charge in [-0.15, -0.1) is 0 Å². The first kappa shape index (κ1) is 14.9. The van der Waals surface area contributed by atoms with E-state index in [1.165, 1.54) is 6.08 Å². The second kappa shape index (κ2) is 7.34. The van der Waals surface area contributed by atoms with Gasteiger partial charge in [0.25, 0.3) is 0 Å². The van der Waals surface area contributed by atoms with Crippen molar-refractivity contribution in [1.82, 2.24) is 5.32 Å². The van der Waals surface area contributed by atoms with E-state index in [0.29, 0.717) is 0 Å². The van der Waals surface area contributed by atoms with Crippen LogP contribution in [0.4, 0.5) is 0 Å². The van der Waals surface area contributed by atoms with Crippen molar-refractivity contribution in [1.29, 1.82) is 0 Å². The fourth-order valence-corrected chi connectivity index (χ4v) is 1.77. The van der Waals surface area contributed by atoms with E-state index in [1.54, 1.807) is 6.08 Å². The Labute approximate surface area is 116 Å². The van der Waals surface area contributed by atoms with Gasteiger partial charge in [-0.25, -0.2) is 0 Å². The molecule has 2 N–H and O–H groups in total. The van der Waals surface area contributed by atoms with E-state index in [9.17, 15) is 4.79 Å². The highest BCUT2D eigenvalue weighted by Crippen LogP contribution is 2.12. The summed E-state index contributed by atoms with van der Waals surface area (Å²) in [5.74, 6) is -0.101. The standard InChI is InChI=1S/C14H18BrNO2/c1-10(9-17)11(2)16-14(18)7-6-12-4-3-5-13(15)8-12/h3-8,10-11,17H,9H2,1-2H3,(H,16,18)/b7-6+. The van der Waals surface area contributed by atoms with Crippen LogP contribution in [0.15, 0.2) is 34.8 Å². The van der Waals surface area contributed by atoms with Crippen LogP contribution in [0, 0.1) is 5.92 Å². The monoisotopic (exact) mass is 311 g/mol. The summed E-state index contributed by atoms with van der Waals surface area (Å²) in [7, 11) is 0. The topological polar surface area (TPSA) is 49.3 Å². The van der Waals surface area contributed by atoms with Gasteiger partial charge in [-0.1, -0.05) is 35.0 Å². The van der Waals surface area contributed by atoms with Crippen molar-refractivity contribution >= 4 is 27.9 Å². The maximum atomic E-state index is 11.6. The molecule has 0 aromatic heterocycles. The number of carbonyl (C=O) groups excluding carboxylic acids is 1. The molecule has 1 aromatic carbocycles. The Hall–Kier alpha value is -1.13. The van der Waals surface area contributed by atoms with Crippen molar-refractivity contribution in [2.75, 3.05) is 6.61 Å². The fourth-order valence-electron chi connectivity index (χ4n) is 1.36. The molecule has 1 aromatic rings. The minimum atomic E-state index is -0.150. The fraction of sp³-hybridized carbons (Fsp3) is 0.357. The predicted molar refractivity (Wildman–Crippen MR) is 77.0 cm³/mol. The number of carbonyl (C=O) groups is 1. The van der Waals surface area contributed by atoms with Gasteiger partial charge in [0.15, 0.2) is 0 Å². The largest absolute Gasteiger partial charge is 0.396 e. The molecule has 0 heterocycles. The molecular formula is C14H18BrNO2. The van der Waals surface area contributed by atoms with Crippen molar-refractivity contribution in [3.8, 4) is 0 Å². The summed E-state index contributed by atoms with van der Waals surface area (Å²) in [5, 5.41) is 11.8. The highest BCUT2D eigenvalue weighted by Gasteiger charge is 2.11. The van der Waals surface area contributed by atoms with Gasteiger partial charge in [0.1, 0.15) is 0 Å². The molecule has 4 heteroatoms. The lowest BCUT2D eigenvalue weighted by Crippen LogP contribution is -2.37. The number of amides is 1. The summed E-state index contributed by atoms with van der Waals surface area (Å²) < 4.78 is 0.979. The van der Waals surface area contributed by atoms with Crippen molar-refractivity contribution < 1.29 is 9.90 Å². The van der Waals surface area contributed by atoms with Crippen LogP contribution in [0.3, 0.4) is 0 Å². The first-order chi connectivity index (χ1) is 8.52. The molecule has 0 saturated carbocycles. The van der Waals surface area contributed by atoms with Gasteiger partial charge in [-0.3, -0.25) is 4.79 Å². The van der Waals surface area contributed by atoms with Crippen molar-refractivity contribution in [3.63, 3.8) is 0 Å². The maximum Gasteiger partial charge on any atom is 0.244 e. The quantitative estimate of drug-likeness (QED) is 0.821. The van der Waals surface area contributed by atoms with Crippen molar-refractivity contribution in [2.45, 2.75) is 19.9 Å². The molecule has 1 rings (SSSR count). The lowest BCUT2D eigenvalue weighted by atomic mass is 10.1. The van der Waals surface area contributed by atoms with Crippen LogP contribution in [0.1, 0.15) is 19.4 Å². The summed E-state index contributed by atoms with van der Waals surface area (Å²) in [4.78, 5) is 11.6. The van der Waals surface area contributed by atoms with Gasteiger partial charge < -0.3 is 10.4 Å². The molecule has 0 bridgehead atoms. The zero-order valence-corrected chi connectivity index (χ0v) is 12.1. The van der Waals surface area contributed by atoms with Crippen molar-refractivity contribution in [2.24, 2.45) is 5.92 Å². The molecule has 0 saturated heterocycles. The smallest absolute Gasteiger partial charge is 0.244 e. The summed E-state index contributed by atoms with van der Waals surface area (Å²) in [5.41, 5.74) is 0.961. The molecule has 0 aliphatic carbocycles. The number of aliphatic hydroxyl groups is 1. The molecule has 98 valence electrons. The molecule has 0 spiro atoms. The number of benzene rings is 1. The SMILES string of the molecule is CC(CO)C(C)NC(=O)/C=C/c1cccc(Br)c1. The molecular weight excluding hydrogens is 294 g/mol. The van der Waals surface area contributed by atoms with E-state index in [1.807, 2.05) is 38.1 Å². The molecule has 2 unspecified atom stereocenters. The number of aliphatic hydroxyl groups excluding tert-OH is 1. The molecule has 18 heavy (non-hydrogen) atoms. The molecule has 3 nitrogen and oxygen atoms in total. The predicted octanol–water partition coefficient (Wildman–Crippen LogP) is 2.60. The summed E-state index contributed by atoms with van der Waals surface area (Å²) >= 11 is 3.38. The Morgan fingerprint density at radius 3 is 2.83 bits per heavy atom. The van der Waals surface area contributed by atoms with Crippen molar-refractivity contribution in [3.05, 3.63) is 40.4 Å². The van der Waals surface area contributed by atoms with E-state index in [-0.39, 0.29) is 24.5 Å². The van der Waals surface area contributed by atoms with Crippen LogP contribution in [-0.4, -0.2) is 23.7 Å². The average molecular weight is 312 g/mol. The first-order valence-corrected chi connectivity index (χ1v) is 6.67. The number of hydrogen-bond donors (Lipinski definition) is 2. The van der Waals surface area contributed by atoms with E-state index >= 15 is 0 Å². The second-order valence-corrected chi connectivity index (χ2v) is 5.26. The van der Waals surface area contributed by atoms with Crippen LogP contribution >= 0.6 is 15.9 Å². The summed E-state index contributed by atoms with van der Waals surface area (Å²) in [6.07, 6.45) is 3.26. The third kappa shape index (κ3) is 5.02. The Morgan fingerprint density at radius 1 is 1.50 bits per heavy atom. The third-order valence-corrected chi connectivity index (χ3v) is 3.28. The number of halogens is 1. The molecule has 2 atom stereocenters. The number of hydrogen-bond acceptors (Lipinski definition) is 2. The minimum Gasteiger partial charge on any atom is -0.396 e. The van der Waals surface area contributed by atoms with Gasteiger partial charge in [-0.2, -0.15) is 0 Å². The van der Waals surface area contributed by atoms with Gasteiger partial charge in [0, 0.05) is 23.2 Å². The summed E-state index contributed by atoms with van der Waals surface area (Å²) in [6, 6.07) is 7.66. The highest BCUT2D eigenvalue weighted by atomic mass is 79.9. The Bertz CT molecular complexity index is 432. The highest BCUT2D eigenvalue weighted by molar-refractivity contribution is 9.10. The number of nitrogens with one attached hydrogen (secondary N) is 1. The Morgan fingerprint density at radius 2 is 2.22 bits per heavy atom. The first-order valence-electron chi connectivity index (χ1n) is 5.88. The van der Waals surface area contributed by atoms with Crippen LogP contribution in [0.25, 0.3) is 6.08 Å². The van der Waals surface area contributed by atoms with Gasteiger partial charge in [0.2, 0.25) is 5.91 Å². The molecule has 1 amide bonds. The summed E-state index contributed by atoms with van der Waals surface area (Å²) in [6.45, 7) is 3.84. The number of rotatable bonds is 5. The van der Waals surface area contributed by atoms with Crippen LogP contribution < -0.4 is 5.32 Å². The van der Waals surface area contributed by atoms with Crippen LogP contribution in [-0.2, 0) is 4.79 Å².